The van der Waals surface area contributed by atoms with E-state index in [1.807, 2.05) is 24.3 Å². The number of aliphatic hydroxyl groups is 2. The Labute approximate surface area is 196 Å². The molecule has 1 aliphatic rings. The lowest BCUT2D eigenvalue weighted by Crippen LogP contribution is -2.44. The standard InChI is InChI=1S/C20H18N5O9P/c1-31-13-8-11-4-2-3-5-12(11)9-14(13)34-35(30)32-10-20(23-24-21)17(28)16(27)18(33-20)25-15(26)6-7-22-19(25)29/h2-9,16-18,27-28H,10H2,1H3/p+1/t16-,17+,18-,20-/m1/s1. The van der Waals surface area contributed by atoms with Crippen LogP contribution in [0.5, 0.6) is 11.5 Å². The lowest BCUT2D eigenvalue weighted by atomic mass is 10.1. The van der Waals surface area contributed by atoms with E-state index in [2.05, 4.69) is 15.0 Å². The third-order valence-corrected chi connectivity index (χ3v) is 6.03. The highest BCUT2D eigenvalue weighted by molar-refractivity contribution is 7.33. The highest BCUT2D eigenvalue weighted by atomic mass is 31.1. The first-order chi connectivity index (χ1) is 16.8. The molecule has 2 heterocycles. The van der Waals surface area contributed by atoms with E-state index in [1.165, 1.54) is 7.11 Å². The van der Waals surface area contributed by atoms with Crippen LogP contribution in [0.25, 0.3) is 21.2 Å². The number of aromatic amines is 1. The second-order valence-electron chi connectivity index (χ2n) is 7.41. The third kappa shape index (κ3) is 4.62. The van der Waals surface area contributed by atoms with Gasteiger partial charge in [-0.05, 0) is 28.4 Å². The molecule has 3 aromatic rings. The summed E-state index contributed by atoms with van der Waals surface area (Å²) in [7, 11) is -1.53. The minimum absolute atomic E-state index is 0.0957. The number of fused-ring (bicyclic) bond motifs is 1. The summed E-state index contributed by atoms with van der Waals surface area (Å²) in [5.41, 5.74) is 4.89. The first kappa shape index (κ1) is 24.4. The van der Waals surface area contributed by atoms with Gasteiger partial charge in [-0.15, -0.1) is 4.52 Å². The molecule has 35 heavy (non-hydrogen) atoms. The van der Waals surface area contributed by atoms with Gasteiger partial charge in [0.1, 0.15) is 18.8 Å². The summed E-state index contributed by atoms with van der Waals surface area (Å²) >= 11 is 0. The number of azide groups is 1. The van der Waals surface area contributed by atoms with Crippen molar-refractivity contribution in [1.82, 2.24) is 9.55 Å². The number of aromatic nitrogens is 2. The SMILES string of the molecule is COc1cc2ccccc2cc1O[P+](=O)OC[C@@]1(N=[N+]=[N-])O[C@@H](n2c(=O)cc[nH]c2=O)[C@H](O)[C@@H]1O. The molecule has 15 heteroatoms. The number of hydrogen-bond donors (Lipinski definition) is 3. The van der Waals surface area contributed by atoms with Crippen molar-refractivity contribution in [2.75, 3.05) is 13.7 Å². The zero-order valence-electron chi connectivity index (χ0n) is 18.0. The maximum Gasteiger partial charge on any atom is 0.750 e. The van der Waals surface area contributed by atoms with Gasteiger partial charge in [-0.1, -0.05) is 29.4 Å². The summed E-state index contributed by atoms with van der Waals surface area (Å²) in [6, 6.07) is 11.6. The fourth-order valence-corrected chi connectivity index (χ4v) is 4.29. The number of rotatable bonds is 8. The summed E-state index contributed by atoms with van der Waals surface area (Å²) < 4.78 is 34.3. The van der Waals surface area contributed by atoms with Crippen LogP contribution in [0.1, 0.15) is 6.23 Å². The van der Waals surface area contributed by atoms with Crippen LogP contribution < -0.4 is 20.5 Å². The van der Waals surface area contributed by atoms with E-state index < -0.39 is 50.3 Å². The molecule has 1 aliphatic heterocycles. The average Bonchev–Trinajstić information content (AvgIpc) is 3.08. The van der Waals surface area contributed by atoms with Gasteiger partial charge in [-0.3, -0.25) is 4.79 Å². The number of H-pyrrole nitrogens is 1. The van der Waals surface area contributed by atoms with E-state index in [0.29, 0.717) is 4.57 Å². The van der Waals surface area contributed by atoms with Crippen molar-refractivity contribution < 1.29 is 33.3 Å². The van der Waals surface area contributed by atoms with E-state index in [1.54, 1.807) is 12.1 Å². The maximum atomic E-state index is 12.6. The Morgan fingerprint density at radius 3 is 2.54 bits per heavy atom. The molecule has 1 saturated heterocycles. The second kappa shape index (κ2) is 9.84. The van der Waals surface area contributed by atoms with Gasteiger partial charge < -0.3 is 24.7 Å². The first-order valence-corrected chi connectivity index (χ1v) is 11.1. The number of aliphatic hydroxyl groups excluding tert-OH is 2. The van der Waals surface area contributed by atoms with Gasteiger partial charge in [-0.25, -0.2) is 13.9 Å². The zero-order valence-corrected chi connectivity index (χ0v) is 18.9. The molecule has 1 unspecified atom stereocenters. The Hall–Kier alpha value is -3.77. The van der Waals surface area contributed by atoms with E-state index in [-0.39, 0.29) is 11.5 Å². The fourth-order valence-electron chi connectivity index (χ4n) is 3.64. The van der Waals surface area contributed by atoms with Crippen LogP contribution >= 0.6 is 8.25 Å². The highest BCUT2D eigenvalue weighted by Crippen LogP contribution is 2.42. The van der Waals surface area contributed by atoms with Crippen molar-refractivity contribution in [1.29, 1.82) is 0 Å². The molecule has 182 valence electrons. The van der Waals surface area contributed by atoms with Gasteiger partial charge in [0.25, 0.3) is 5.56 Å². The Bertz CT molecular complexity index is 1410. The molecule has 0 saturated carbocycles. The average molecular weight is 504 g/mol. The van der Waals surface area contributed by atoms with Crippen molar-refractivity contribution in [3.63, 3.8) is 0 Å². The molecule has 0 spiro atoms. The van der Waals surface area contributed by atoms with Crippen LogP contribution in [0.2, 0.25) is 0 Å². The van der Waals surface area contributed by atoms with E-state index in [0.717, 1.165) is 23.0 Å². The molecule has 0 aliphatic carbocycles. The molecule has 3 N–H and O–H groups in total. The largest absolute Gasteiger partial charge is 0.750 e. The molecule has 1 fully saturated rings. The number of nitrogens with zero attached hydrogens (tertiary/aromatic N) is 4. The number of methoxy groups -OCH3 is 1. The van der Waals surface area contributed by atoms with Crippen LogP contribution in [-0.4, -0.2) is 51.4 Å². The fraction of sp³-hybridized carbons (Fsp3) is 0.300. The summed E-state index contributed by atoms with van der Waals surface area (Å²) in [4.78, 5) is 29.0. The smallest absolute Gasteiger partial charge is 0.493 e. The molecule has 0 bridgehead atoms. The van der Waals surface area contributed by atoms with Crippen LogP contribution in [0.3, 0.4) is 0 Å². The van der Waals surface area contributed by atoms with Crippen molar-refractivity contribution in [2.45, 2.75) is 24.2 Å². The van der Waals surface area contributed by atoms with Gasteiger partial charge in [0.2, 0.25) is 11.5 Å². The van der Waals surface area contributed by atoms with Crippen molar-refractivity contribution in [2.24, 2.45) is 5.11 Å². The Kier molecular flexibility index (Phi) is 6.85. The molecule has 0 radical (unpaired) electrons. The van der Waals surface area contributed by atoms with Gasteiger partial charge in [-0.2, -0.15) is 0 Å². The molecular formula is C20H19N5O9P+. The number of ether oxygens (including phenoxy) is 2. The van der Waals surface area contributed by atoms with Crippen molar-refractivity contribution in [3.05, 3.63) is 79.9 Å². The molecule has 14 nitrogen and oxygen atoms in total. The molecule has 2 aromatic carbocycles. The van der Waals surface area contributed by atoms with Gasteiger partial charge in [0, 0.05) is 21.7 Å². The third-order valence-electron chi connectivity index (χ3n) is 5.34. The topological polar surface area (TPSA) is 198 Å². The first-order valence-electron chi connectivity index (χ1n) is 10.0. The molecular weight excluding hydrogens is 485 g/mol. The predicted octanol–water partition coefficient (Wildman–Crippen LogP) is 1.71. The lowest BCUT2D eigenvalue weighted by Gasteiger charge is -2.23. The van der Waals surface area contributed by atoms with Crippen LogP contribution in [0.15, 0.2) is 63.4 Å². The van der Waals surface area contributed by atoms with Crippen LogP contribution in [-0.2, 0) is 13.8 Å². The number of benzene rings is 2. The van der Waals surface area contributed by atoms with E-state index >= 15 is 0 Å². The molecule has 5 atom stereocenters. The normalized spacial score (nSPS) is 24.1. The van der Waals surface area contributed by atoms with Crippen molar-refractivity contribution in [3.8, 4) is 11.5 Å². The summed E-state index contributed by atoms with van der Waals surface area (Å²) in [6.45, 7) is -0.851. The Morgan fingerprint density at radius 1 is 1.23 bits per heavy atom. The predicted molar refractivity (Wildman–Crippen MR) is 120 cm³/mol. The van der Waals surface area contributed by atoms with Gasteiger partial charge in [0.15, 0.2) is 12.0 Å². The number of hydrogen-bond acceptors (Lipinski definition) is 10. The quantitative estimate of drug-likeness (QED) is 0.177. The number of nitrogens with one attached hydrogen (secondary N) is 1. The Balaban J connectivity index is 1.56. The van der Waals surface area contributed by atoms with E-state index in [4.69, 9.17) is 24.1 Å². The monoisotopic (exact) mass is 504 g/mol. The second-order valence-corrected chi connectivity index (χ2v) is 8.30. The maximum absolute atomic E-state index is 12.6. The Morgan fingerprint density at radius 2 is 1.91 bits per heavy atom. The van der Waals surface area contributed by atoms with Crippen molar-refractivity contribution >= 4 is 19.0 Å². The summed E-state index contributed by atoms with van der Waals surface area (Å²) in [5.74, 6) is 0.369. The molecule has 1 aromatic heterocycles. The van der Waals surface area contributed by atoms with E-state index in [9.17, 15) is 24.4 Å². The molecule has 4 rings (SSSR count). The van der Waals surface area contributed by atoms with Crippen LogP contribution in [0.4, 0.5) is 0 Å². The van der Waals surface area contributed by atoms with Gasteiger partial charge in [0.05, 0.1) is 7.11 Å². The minimum atomic E-state index is -2.93. The summed E-state index contributed by atoms with van der Waals surface area (Å²) in [6.07, 6.45) is -4.46. The zero-order chi connectivity index (χ0) is 25.2. The summed E-state index contributed by atoms with van der Waals surface area (Å²) in [5, 5.41) is 26.0. The van der Waals surface area contributed by atoms with Gasteiger partial charge >= 0.3 is 13.9 Å². The minimum Gasteiger partial charge on any atom is -0.493 e. The lowest BCUT2D eigenvalue weighted by molar-refractivity contribution is -0.121. The molecule has 0 amide bonds. The highest BCUT2D eigenvalue weighted by Gasteiger charge is 2.57. The van der Waals surface area contributed by atoms with Crippen LogP contribution in [0, 0.1) is 0 Å².